The lowest BCUT2D eigenvalue weighted by atomic mass is 9.97. The number of hydrogen-bond acceptors (Lipinski definition) is 4. The predicted molar refractivity (Wildman–Crippen MR) is 119 cm³/mol. The molecule has 0 atom stereocenters. The molecule has 0 spiro atoms. The maximum absolute atomic E-state index is 12.6. The molecule has 0 fully saturated rings. The molecule has 30 heavy (non-hydrogen) atoms. The Balaban J connectivity index is 1.48. The SMILES string of the molecule is COc1cccc2cc(C(=O)N/N=C\c3c4ccccc4cc4ccccc34)oc12. The summed E-state index contributed by atoms with van der Waals surface area (Å²) in [6.45, 7) is 0. The van der Waals surface area contributed by atoms with Gasteiger partial charge in [-0.15, -0.1) is 0 Å². The number of methoxy groups -OCH3 is 1. The molecule has 0 radical (unpaired) electrons. The number of ether oxygens (including phenoxy) is 1. The molecule has 0 saturated carbocycles. The van der Waals surface area contributed by atoms with Crippen LogP contribution in [0.15, 0.2) is 88.4 Å². The van der Waals surface area contributed by atoms with E-state index in [1.165, 1.54) is 0 Å². The summed E-state index contributed by atoms with van der Waals surface area (Å²) < 4.78 is 11.0. The van der Waals surface area contributed by atoms with Crippen LogP contribution in [0, 0.1) is 0 Å². The summed E-state index contributed by atoms with van der Waals surface area (Å²) in [5.41, 5.74) is 4.06. The molecule has 5 aromatic rings. The Labute approximate surface area is 172 Å². The van der Waals surface area contributed by atoms with Gasteiger partial charge in [-0.25, -0.2) is 5.43 Å². The molecule has 0 saturated heterocycles. The van der Waals surface area contributed by atoms with Crippen molar-refractivity contribution in [3.63, 3.8) is 0 Å². The van der Waals surface area contributed by atoms with E-state index >= 15 is 0 Å². The summed E-state index contributed by atoms with van der Waals surface area (Å²) in [6.07, 6.45) is 1.69. The summed E-state index contributed by atoms with van der Waals surface area (Å²) in [5.74, 6) is 0.334. The van der Waals surface area contributed by atoms with E-state index in [0.29, 0.717) is 11.3 Å². The van der Waals surface area contributed by atoms with E-state index in [-0.39, 0.29) is 5.76 Å². The number of carbonyl (C=O) groups is 1. The first kappa shape index (κ1) is 17.9. The molecule has 4 aromatic carbocycles. The van der Waals surface area contributed by atoms with E-state index in [1.807, 2.05) is 36.4 Å². The van der Waals surface area contributed by atoms with Crippen LogP contribution in [-0.2, 0) is 0 Å². The van der Waals surface area contributed by atoms with Crippen LogP contribution in [0.5, 0.6) is 5.75 Å². The zero-order valence-electron chi connectivity index (χ0n) is 16.3. The highest BCUT2D eigenvalue weighted by atomic mass is 16.5. The average Bonchev–Trinajstić information content (AvgIpc) is 3.23. The van der Waals surface area contributed by atoms with Gasteiger partial charge in [-0.1, -0.05) is 60.7 Å². The zero-order chi connectivity index (χ0) is 20.5. The van der Waals surface area contributed by atoms with Crippen LogP contribution in [-0.4, -0.2) is 19.2 Å². The Bertz CT molecular complexity index is 1380. The third-order valence-electron chi connectivity index (χ3n) is 5.12. The van der Waals surface area contributed by atoms with Crippen LogP contribution in [0.3, 0.4) is 0 Å². The Morgan fingerprint density at radius 2 is 1.57 bits per heavy atom. The van der Waals surface area contributed by atoms with E-state index in [0.717, 1.165) is 32.5 Å². The first-order chi connectivity index (χ1) is 14.7. The third-order valence-corrected chi connectivity index (χ3v) is 5.12. The molecule has 0 aliphatic carbocycles. The smallest absolute Gasteiger partial charge is 0.307 e. The standard InChI is InChI=1S/C25H18N2O3/c1-29-22-12-6-9-18-14-23(30-24(18)22)25(28)27-26-15-21-19-10-4-2-7-16(19)13-17-8-3-5-11-20(17)21/h2-15H,1H3,(H,27,28)/b26-15-. The molecule has 0 aliphatic heterocycles. The molecule has 1 aromatic heterocycles. The summed E-state index contributed by atoms with van der Waals surface area (Å²) in [5, 5.41) is 9.39. The van der Waals surface area contributed by atoms with Gasteiger partial charge in [0.2, 0.25) is 0 Å². The number of fused-ring (bicyclic) bond motifs is 3. The molecule has 0 aliphatic rings. The van der Waals surface area contributed by atoms with Gasteiger partial charge >= 0.3 is 5.91 Å². The highest BCUT2D eigenvalue weighted by Crippen LogP contribution is 2.29. The number of para-hydroxylation sites is 1. The van der Waals surface area contributed by atoms with E-state index in [2.05, 4.69) is 40.9 Å². The number of carbonyl (C=O) groups excluding carboxylic acids is 1. The van der Waals surface area contributed by atoms with Crippen LogP contribution in [0.4, 0.5) is 0 Å². The van der Waals surface area contributed by atoms with Gasteiger partial charge in [0.1, 0.15) is 0 Å². The van der Waals surface area contributed by atoms with Crippen LogP contribution in [0.1, 0.15) is 16.1 Å². The van der Waals surface area contributed by atoms with Gasteiger partial charge in [0.15, 0.2) is 17.1 Å². The van der Waals surface area contributed by atoms with Crippen molar-refractivity contribution >= 4 is 44.6 Å². The van der Waals surface area contributed by atoms with Crippen molar-refractivity contribution in [2.75, 3.05) is 7.11 Å². The van der Waals surface area contributed by atoms with Gasteiger partial charge < -0.3 is 9.15 Å². The lowest BCUT2D eigenvalue weighted by molar-refractivity contribution is 0.0929. The van der Waals surface area contributed by atoms with Crippen molar-refractivity contribution in [1.82, 2.24) is 5.43 Å². The van der Waals surface area contributed by atoms with E-state index in [1.54, 1.807) is 25.5 Å². The van der Waals surface area contributed by atoms with Crippen LogP contribution >= 0.6 is 0 Å². The summed E-state index contributed by atoms with van der Waals surface area (Å²) in [4.78, 5) is 12.6. The minimum Gasteiger partial charge on any atom is -0.493 e. The lowest BCUT2D eigenvalue weighted by Gasteiger charge is -2.07. The molecule has 1 heterocycles. The first-order valence-corrected chi connectivity index (χ1v) is 9.55. The molecule has 5 rings (SSSR count). The van der Waals surface area contributed by atoms with Crippen molar-refractivity contribution in [2.45, 2.75) is 0 Å². The number of hydrazone groups is 1. The molecule has 0 unspecified atom stereocenters. The monoisotopic (exact) mass is 394 g/mol. The lowest BCUT2D eigenvalue weighted by Crippen LogP contribution is -2.16. The molecule has 1 N–H and O–H groups in total. The van der Waals surface area contributed by atoms with Gasteiger partial charge in [-0.05, 0) is 39.7 Å². The largest absolute Gasteiger partial charge is 0.493 e. The fourth-order valence-corrected chi connectivity index (χ4v) is 3.71. The number of nitrogens with zero attached hydrogens (tertiary/aromatic N) is 1. The zero-order valence-corrected chi connectivity index (χ0v) is 16.3. The minimum atomic E-state index is -0.422. The van der Waals surface area contributed by atoms with E-state index < -0.39 is 5.91 Å². The fraction of sp³-hybridized carbons (Fsp3) is 0.0400. The van der Waals surface area contributed by atoms with Crippen molar-refractivity contribution in [2.24, 2.45) is 5.10 Å². The second kappa shape index (κ2) is 7.37. The Hall–Kier alpha value is -4.12. The summed E-state index contributed by atoms with van der Waals surface area (Å²) >= 11 is 0. The topological polar surface area (TPSA) is 63.8 Å². The molecule has 5 nitrogen and oxygen atoms in total. The second-order valence-corrected chi connectivity index (χ2v) is 6.92. The highest BCUT2D eigenvalue weighted by molar-refractivity contribution is 6.13. The third kappa shape index (κ3) is 3.06. The number of rotatable bonds is 4. The Morgan fingerprint density at radius 3 is 2.27 bits per heavy atom. The number of benzene rings is 4. The molecule has 146 valence electrons. The fourth-order valence-electron chi connectivity index (χ4n) is 3.71. The summed E-state index contributed by atoms with van der Waals surface area (Å²) in [6, 6.07) is 25.6. The van der Waals surface area contributed by atoms with Crippen molar-refractivity contribution in [3.05, 3.63) is 90.2 Å². The first-order valence-electron chi connectivity index (χ1n) is 9.55. The maximum Gasteiger partial charge on any atom is 0.307 e. The number of hydrogen-bond donors (Lipinski definition) is 1. The molecule has 0 bridgehead atoms. The normalized spacial score (nSPS) is 11.5. The van der Waals surface area contributed by atoms with Crippen LogP contribution < -0.4 is 10.2 Å². The second-order valence-electron chi connectivity index (χ2n) is 6.92. The number of furan rings is 1. The highest BCUT2D eigenvalue weighted by Gasteiger charge is 2.14. The average molecular weight is 394 g/mol. The maximum atomic E-state index is 12.6. The van der Waals surface area contributed by atoms with Crippen molar-refractivity contribution in [3.8, 4) is 5.75 Å². The van der Waals surface area contributed by atoms with E-state index in [4.69, 9.17) is 9.15 Å². The van der Waals surface area contributed by atoms with Gasteiger partial charge in [0, 0.05) is 10.9 Å². The van der Waals surface area contributed by atoms with Gasteiger partial charge in [0.25, 0.3) is 0 Å². The van der Waals surface area contributed by atoms with Gasteiger partial charge in [-0.2, -0.15) is 5.10 Å². The van der Waals surface area contributed by atoms with Crippen LogP contribution in [0.2, 0.25) is 0 Å². The van der Waals surface area contributed by atoms with Crippen LogP contribution in [0.25, 0.3) is 32.5 Å². The summed E-state index contributed by atoms with van der Waals surface area (Å²) in [7, 11) is 1.57. The van der Waals surface area contributed by atoms with Crippen molar-refractivity contribution < 1.29 is 13.9 Å². The van der Waals surface area contributed by atoms with Crippen molar-refractivity contribution in [1.29, 1.82) is 0 Å². The van der Waals surface area contributed by atoms with Gasteiger partial charge in [0.05, 0.1) is 13.3 Å². The minimum absolute atomic E-state index is 0.175. The number of amides is 1. The van der Waals surface area contributed by atoms with E-state index in [9.17, 15) is 4.79 Å². The Kier molecular flexibility index (Phi) is 4.41. The van der Waals surface area contributed by atoms with Gasteiger partial charge in [-0.3, -0.25) is 4.79 Å². The number of nitrogens with one attached hydrogen (secondary N) is 1. The molecular formula is C25H18N2O3. The predicted octanol–water partition coefficient (Wildman–Crippen LogP) is 5.51. The quantitative estimate of drug-likeness (QED) is 0.248. The molecule has 5 heteroatoms. The Morgan fingerprint density at radius 1 is 0.900 bits per heavy atom. The molecular weight excluding hydrogens is 376 g/mol. The molecule has 1 amide bonds.